The van der Waals surface area contributed by atoms with E-state index in [1.54, 1.807) is 13.0 Å². The Kier molecular flexibility index (Phi) is 3.97. The van der Waals surface area contributed by atoms with Gasteiger partial charge in [-0.3, -0.25) is 9.59 Å². The summed E-state index contributed by atoms with van der Waals surface area (Å²) < 4.78 is 4.98. The first-order chi connectivity index (χ1) is 9.52. The summed E-state index contributed by atoms with van der Waals surface area (Å²) in [5.74, 6) is -1.40. The van der Waals surface area contributed by atoms with Gasteiger partial charge in [0.05, 0.1) is 16.6 Å². The fourth-order valence-corrected chi connectivity index (χ4v) is 1.93. The highest BCUT2D eigenvalue weighted by atomic mass is 16.5. The number of aliphatic carboxylic acids is 1. The summed E-state index contributed by atoms with van der Waals surface area (Å²) in [5.41, 5.74) is 1.33. The molecule has 0 aliphatic rings. The van der Waals surface area contributed by atoms with Crippen molar-refractivity contribution in [2.75, 3.05) is 13.1 Å². The van der Waals surface area contributed by atoms with Crippen molar-refractivity contribution in [3.8, 4) is 0 Å². The quantitative estimate of drug-likeness (QED) is 0.888. The van der Waals surface area contributed by atoms with Crippen LogP contribution in [0.2, 0.25) is 0 Å². The molecule has 2 heterocycles. The average molecular weight is 277 g/mol. The van der Waals surface area contributed by atoms with E-state index in [9.17, 15) is 9.59 Å². The Hall–Kier alpha value is -2.44. The first-order valence-corrected chi connectivity index (χ1v) is 6.26. The molecule has 0 aromatic carbocycles. The van der Waals surface area contributed by atoms with Crippen LogP contribution in [-0.2, 0) is 4.79 Å². The zero-order chi connectivity index (χ0) is 14.7. The van der Waals surface area contributed by atoms with Crippen molar-refractivity contribution in [3.63, 3.8) is 0 Å². The molecule has 2 aromatic rings. The lowest BCUT2D eigenvalue weighted by Gasteiger charge is -2.19. The molecule has 0 aliphatic carbocycles. The second-order valence-electron chi connectivity index (χ2n) is 4.47. The Morgan fingerprint density at radius 3 is 2.85 bits per heavy atom. The Morgan fingerprint density at radius 2 is 2.20 bits per heavy atom. The molecule has 2 aromatic heterocycles. The molecule has 20 heavy (non-hydrogen) atoms. The zero-order valence-corrected chi connectivity index (χ0v) is 11.3. The largest absolute Gasteiger partial charge is 0.480 e. The van der Waals surface area contributed by atoms with Gasteiger partial charge < -0.3 is 14.5 Å². The van der Waals surface area contributed by atoms with Crippen LogP contribution in [0.3, 0.4) is 0 Å². The van der Waals surface area contributed by atoms with Crippen LogP contribution in [0.1, 0.15) is 29.4 Å². The first kappa shape index (κ1) is 14.0. The first-order valence-electron chi connectivity index (χ1n) is 6.26. The van der Waals surface area contributed by atoms with Crippen molar-refractivity contribution >= 4 is 23.0 Å². The predicted molar refractivity (Wildman–Crippen MR) is 70.4 cm³/mol. The third kappa shape index (κ3) is 2.76. The number of nitrogens with zero attached hydrogens (tertiary/aromatic N) is 3. The maximum Gasteiger partial charge on any atom is 0.323 e. The van der Waals surface area contributed by atoms with Crippen LogP contribution < -0.4 is 0 Å². The molecule has 0 bridgehead atoms. The summed E-state index contributed by atoms with van der Waals surface area (Å²) >= 11 is 0. The van der Waals surface area contributed by atoms with Crippen molar-refractivity contribution in [1.29, 1.82) is 0 Å². The van der Waals surface area contributed by atoms with Crippen LogP contribution in [-0.4, -0.2) is 45.1 Å². The number of amides is 1. The van der Waals surface area contributed by atoms with Crippen LogP contribution in [0, 0.1) is 6.92 Å². The highest BCUT2D eigenvalue weighted by Gasteiger charge is 2.19. The van der Waals surface area contributed by atoms with E-state index in [0.29, 0.717) is 35.3 Å². The maximum absolute atomic E-state index is 12.3. The second-order valence-corrected chi connectivity index (χ2v) is 4.47. The third-order valence-corrected chi connectivity index (χ3v) is 2.86. The monoisotopic (exact) mass is 277 g/mol. The van der Waals surface area contributed by atoms with Crippen molar-refractivity contribution < 1.29 is 19.2 Å². The van der Waals surface area contributed by atoms with Gasteiger partial charge in [0.15, 0.2) is 0 Å². The highest BCUT2D eigenvalue weighted by molar-refractivity contribution is 5.98. The Balaban J connectivity index is 2.32. The molecule has 0 atom stereocenters. The predicted octanol–water partition coefficient (Wildman–Crippen LogP) is 1.47. The SMILES string of the molecule is CCCN(CC(=O)O)C(=O)c1cnc2onc(C)c2c1. The normalized spacial score (nSPS) is 10.7. The van der Waals surface area contributed by atoms with Gasteiger partial charge in [-0.1, -0.05) is 12.1 Å². The Bertz CT molecular complexity index is 650. The van der Waals surface area contributed by atoms with Crippen LogP contribution in [0.5, 0.6) is 0 Å². The smallest absolute Gasteiger partial charge is 0.323 e. The van der Waals surface area contributed by atoms with Crippen molar-refractivity contribution in [2.24, 2.45) is 0 Å². The average Bonchev–Trinajstić information content (AvgIpc) is 2.78. The lowest BCUT2D eigenvalue weighted by molar-refractivity contribution is -0.137. The van der Waals surface area contributed by atoms with Crippen molar-refractivity contribution in [3.05, 3.63) is 23.5 Å². The van der Waals surface area contributed by atoms with Crippen molar-refractivity contribution in [2.45, 2.75) is 20.3 Å². The molecule has 1 N–H and O–H groups in total. The molecular weight excluding hydrogens is 262 g/mol. The molecule has 1 amide bonds. The van der Waals surface area contributed by atoms with Gasteiger partial charge in [0.1, 0.15) is 6.54 Å². The number of aryl methyl sites for hydroxylation is 1. The van der Waals surface area contributed by atoms with Gasteiger partial charge in [-0.05, 0) is 19.4 Å². The fraction of sp³-hybridized carbons (Fsp3) is 0.385. The van der Waals surface area contributed by atoms with Gasteiger partial charge in [0.2, 0.25) is 0 Å². The number of fused-ring (bicyclic) bond motifs is 1. The van der Waals surface area contributed by atoms with Gasteiger partial charge in [0, 0.05) is 12.7 Å². The van der Waals surface area contributed by atoms with E-state index in [4.69, 9.17) is 9.63 Å². The van der Waals surface area contributed by atoms with Crippen LogP contribution in [0.4, 0.5) is 0 Å². The molecule has 7 heteroatoms. The number of carbonyl (C=O) groups is 2. The Labute approximate surface area is 115 Å². The molecular formula is C13H15N3O4. The number of hydrogen-bond donors (Lipinski definition) is 1. The van der Waals surface area contributed by atoms with E-state index in [1.165, 1.54) is 11.1 Å². The molecule has 2 rings (SSSR count). The van der Waals surface area contributed by atoms with Gasteiger partial charge in [-0.2, -0.15) is 0 Å². The molecule has 0 aliphatic heterocycles. The Morgan fingerprint density at radius 1 is 1.45 bits per heavy atom. The maximum atomic E-state index is 12.3. The molecule has 0 unspecified atom stereocenters. The summed E-state index contributed by atoms with van der Waals surface area (Å²) in [6.07, 6.45) is 2.06. The van der Waals surface area contributed by atoms with E-state index >= 15 is 0 Å². The minimum Gasteiger partial charge on any atom is -0.480 e. The van der Waals surface area contributed by atoms with Crippen LogP contribution in [0.25, 0.3) is 11.1 Å². The van der Waals surface area contributed by atoms with E-state index in [-0.39, 0.29) is 12.5 Å². The highest BCUT2D eigenvalue weighted by Crippen LogP contribution is 2.17. The number of aromatic nitrogens is 2. The van der Waals surface area contributed by atoms with Crippen molar-refractivity contribution in [1.82, 2.24) is 15.0 Å². The number of rotatable bonds is 5. The number of hydrogen-bond acceptors (Lipinski definition) is 5. The summed E-state index contributed by atoms with van der Waals surface area (Å²) in [6.45, 7) is 3.69. The molecule has 7 nitrogen and oxygen atoms in total. The fourth-order valence-electron chi connectivity index (χ4n) is 1.93. The molecule has 0 radical (unpaired) electrons. The number of carbonyl (C=O) groups excluding carboxylic acids is 1. The van der Waals surface area contributed by atoms with Gasteiger partial charge in [0.25, 0.3) is 11.6 Å². The summed E-state index contributed by atoms with van der Waals surface area (Å²) in [6, 6.07) is 1.63. The van der Waals surface area contributed by atoms with E-state index in [0.717, 1.165) is 0 Å². The lowest BCUT2D eigenvalue weighted by Crippen LogP contribution is -2.36. The van der Waals surface area contributed by atoms with Gasteiger partial charge in [-0.15, -0.1) is 0 Å². The minimum atomic E-state index is -1.04. The van der Waals surface area contributed by atoms with E-state index in [2.05, 4.69) is 10.1 Å². The third-order valence-electron chi connectivity index (χ3n) is 2.86. The standard InChI is InChI=1S/C13H15N3O4/c1-3-4-16(7-11(17)18)13(19)9-5-10-8(2)15-20-12(10)14-6-9/h5-6H,3-4,7H2,1-2H3,(H,17,18). The molecule has 0 saturated heterocycles. The van der Waals surface area contributed by atoms with E-state index in [1.807, 2.05) is 6.92 Å². The number of pyridine rings is 1. The number of carboxylic acid groups (broad SMARTS) is 1. The van der Waals surface area contributed by atoms with Crippen LogP contribution >= 0.6 is 0 Å². The summed E-state index contributed by atoms with van der Waals surface area (Å²) in [7, 11) is 0. The molecule has 0 spiro atoms. The summed E-state index contributed by atoms with van der Waals surface area (Å²) in [5, 5.41) is 13.3. The molecule has 0 fully saturated rings. The van der Waals surface area contributed by atoms with E-state index < -0.39 is 5.97 Å². The van der Waals surface area contributed by atoms with Gasteiger partial charge in [-0.25, -0.2) is 4.98 Å². The molecule has 106 valence electrons. The van der Waals surface area contributed by atoms with Crippen LogP contribution in [0.15, 0.2) is 16.8 Å². The lowest BCUT2D eigenvalue weighted by atomic mass is 10.2. The second kappa shape index (κ2) is 5.68. The zero-order valence-electron chi connectivity index (χ0n) is 11.3. The minimum absolute atomic E-state index is 0.326. The molecule has 0 saturated carbocycles. The summed E-state index contributed by atoms with van der Waals surface area (Å²) in [4.78, 5) is 28.4. The van der Waals surface area contributed by atoms with Gasteiger partial charge >= 0.3 is 5.97 Å². The topological polar surface area (TPSA) is 96.5 Å². The number of carboxylic acids is 1.